The summed E-state index contributed by atoms with van der Waals surface area (Å²) < 4.78 is 42.6. The Kier molecular flexibility index (Phi) is 4.88. The van der Waals surface area contributed by atoms with E-state index in [2.05, 4.69) is 0 Å². The Labute approximate surface area is 121 Å². The topological polar surface area (TPSA) is 29.5 Å². The summed E-state index contributed by atoms with van der Waals surface area (Å²) in [4.78, 5) is 13.7. The first-order valence-electron chi connectivity index (χ1n) is 6.89. The minimum absolute atomic E-state index is 0.00284. The molecule has 1 heterocycles. The van der Waals surface area contributed by atoms with Crippen molar-refractivity contribution in [3.05, 3.63) is 35.4 Å². The molecule has 1 aliphatic heterocycles. The minimum atomic E-state index is -4.34. The van der Waals surface area contributed by atoms with Crippen LogP contribution >= 0.6 is 0 Å². The molecule has 1 fully saturated rings. The molecular weight excluding hydrogens is 283 g/mol. The number of benzene rings is 1. The van der Waals surface area contributed by atoms with Crippen LogP contribution in [-0.2, 0) is 15.7 Å². The third-order valence-electron chi connectivity index (χ3n) is 3.71. The Balaban J connectivity index is 2.19. The van der Waals surface area contributed by atoms with Crippen molar-refractivity contribution in [3.8, 4) is 0 Å². The van der Waals surface area contributed by atoms with Crippen LogP contribution in [0.5, 0.6) is 0 Å². The largest absolute Gasteiger partial charge is 0.416 e. The lowest BCUT2D eigenvalue weighted by molar-refractivity contribution is -0.139. The predicted molar refractivity (Wildman–Crippen MR) is 71.6 cm³/mol. The fraction of sp³-hybridized carbons (Fsp3) is 0.533. The Morgan fingerprint density at radius 3 is 2.52 bits per heavy atom. The molecule has 1 amide bonds. The Morgan fingerprint density at radius 1 is 1.29 bits per heavy atom. The van der Waals surface area contributed by atoms with Crippen molar-refractivity contribution in [2.75, 3.05) is 20.3 Å². The Bertz CT molecular complexity index is 485. The van der Waals surface area contributed by atoms with Crippen molar-refractivity contribution in [1.82, 2.24) is 4.90 Å². The summed E-state index contributed by atoms with van der Waals surface area (Å²) in [6.45, 7) is 0.616. The second-order valence-electron chi connectivity index (χ2n) is 5.15. The predicted octanol–water partition coefficient (Wildman–Crippen LogP) is 3.41. The van der Waals surface area contributed by atoms with Crippen LogP contribution in [0.3, 0.4) is 0 Å². The number of rotatable bonds is 3. The molecule has 1 aliphatic rings. The van der Waals surface area contributed by atoms with Crippen LogP contribution in [0.25, 0.3) is 0 Å². The third kappa shape index (κ3) is 3.75. The number of piperidine rings is 1. The van der Waals surface area contributed by atoms with E-state index in [-0.39, 0.29) is 18.6 Å². The van der Waals surface area contributed by atoms with Gasteiger partial charge in [0.05, 0.1) is 11.6 Å². The number of halogens is 3. The smallest absolute Gasteiger partial charge is 0.375 e. The summed E-state index contributed by atoms with van der Waals surface area (Å²) in [6.07, 6.45) is -1.70. The van der Waals surface area contributed by atoms with Gasteiger partial charge in [-0.05, 0) is 37.0 Å². The molecule has 0 bridgehead atoms. The maximum absolute atomic E-state index is 12.6. The molecular formula is C15H18F3NO2. The van der Waals surface area contributed by atoms with E-state index >= 15 is 0 Å². The van der Waals surface area contributed by atoms with Crippen LogP contribution in [0.4, 0.5) is 13.2 Å². The molecule has 1 aromatic carbocycles. The summed E-state index contributed by atoms with van der Waals surface area (Å²) in [6, 6.07) is 4.91. The molecule has 0 radical (unpaired) electrons. The van der Waals surface area contributed by atoms with Gasteiger partial charge in [0.25, 0.3) is 0 Å². The summed E-state index contributed by atoms with van der Waals surface area (Å²) in [5.41, 5.74) is 0.0731. The van der Waals surface area contributed by atoms with Crippen LogP contribution in [0.15, 0.2) is 24.3 Å². The van der Waals surface area contributed by atoms with E-state index in [9.17, 15) is 18.0 Å². The molecule has 2 rings (SSSR count). The van der Waals surface area contributed by atoms with Crippen molar-refractivity contribution in [1.29, 1.82) is 0 Å². The highest BCUT2D eigenvalue weighted by Crippen LogP contribution is 2.34. The van der Waals surface area contributed by atoms with Gasteiger partial charge in [-0.2, -0.15) is 13.2 Å². The fourth-order valence-electron chi connectivity index (χ4n) is 2.68. The average Bonchev–Trinajstić information content (AvgIpc) is 2.47. The summed E-state index contributed by atoms with van der Waals surface area (Å²) in [5.74, 6) is -0.123. The number of methoxy groups -OCH3 is 1. The second-order valence-corrected chi connectivity index (χ2v) is 5.15. The molecule has 0 aliphatic carbocycles. The number of ether oxygens (including phenoxy) is 1. The van der Waals surface area contributed by atoms with Crippen LogP contribution in [0.1, 0.15) is 36.4 Å². The van der Waals surface area contributed by atoms with Gasteiger partial charge >= 0.3 is 6.18 Å². The molecule has 116 valence electrons. The first-order valence-corrected chi connectivity index (χ1v) is 6.89. The summed E-state index contributed by atoms with van der Waals surface area (Å²) >= 11 is 0. The Morgan fingerprint density at radius 2 is 1.95 bits per heavy atom. The molecule has 21 heavy (non-hydrogen) atoms. The lowest BCUT2D eigenvalue weighted by Gasteiger charge is -2.36. The van der Waals surface area contributed by atoms with Gasteiger partial charge in [0.1, 0.15) is 6.61 Å². The number of hydrogen-bond acceptors (Lipinski definition) is 2. The van der Waals surface area contributed by atoms with E-state index < -0.39 is 11.7 Å². The molecule has 6 heteroatoms. The monoisotopic (exact) mass is 301 g/mol. The van der Waals surface area contributed by atoms with Crippen LogP contribution < -0.4 is 0 Å². The standard InChI is InChI=1S/C15H18F3NO2/c1-21-10-14(20)19-9-3-2-4-13(19)11-5-7-12(8-6-11)15(16,17)18/h5-8,13H,2-4,9-10H2,1H3. The highest BCUT2D eigenvalue weighted by molar-refractivity contribution is 5.78. The lowest BCUT2D eigenvalue weighted by Crippen LogP contribution is -2.40. The first kappa shape index (κ1) is 15.8. The zero-order valence-corrected chi connectivity index (χ0v) is 11.8. The second kappa shape index (κ2) is 6.47. The quantitative estimate of drug-likeness (QED) is 0.856. The molecule has 1 atom stereocenters. The van der Waals surface area contributed by atoms with E-state index in [0.29, 0.717) is 6.54 Å². The van der Waals surface area contributed by atoms with Gasteiger partial charge in [0.2, 0.25) is 5.91 Å². The number of nitrogens with zero attached hydrogens (tertiary/aromatic N) is 1. The zero-order chi connectivity index (χ0) is 15.5. The minimum Gasteiger partial charge on any atom is -0.375 e. The van der Waals surface area contributed by atoms with Crippen LogP contribution in [-0.4, -0.2) is 31.1 Å². The number of hydrogen-bond donors (Lipinski definition) is 0. The number of carbonyl (C=O) groups excluding carboxylic acids is 1. The number of carbonyl (C=O) groups is 1. The SMILES string of the molecule is COCC(=O)N1CCCCC1c1ccc(C(F)(F)F)cc1. The van der Waals surface area contributed by atoms with Crippen LogP contribution in [0, 0.1) is 0 Å². The normalized spacial score (nSPS) is 19.6. The van der Waals surface area contributed by atoms with Gasteiger partial charge in [-0.1, -0.05) is 12.1 Å². The summed E-state index contributed by atoms with van der Waals surface area (Å²) in [7, 11) is 1.45. The van der Waals surface area contributed by atoms with Gasteiger partial charge in [0.15, 0.2) is 0 Å². The molecule has 3 nitrogen and oxygen atoms in total. The molecule has 0 aromatic heterocycles. The van der Waals surface area contributed by atoms with Gasteiger partial charge in [-0.3, -0.25) is 4.79 Å². The third-order valence-corrected chi connectivity index (χ3v) is 3.71. The van der Waals surface area contributed by atoms with E-state index in [1.165, 1.54) is 19.2 Å². The van der Waals surface area contributed by atoms with Crippen molar-refractivity contribution >= 4 is 5.91 Å². The summed E-state index contributed by atoms with van der Waals surface area (Å²) in [5, 5.41) is 0. The molecule has 0 spiro atoms. The number of amides is 1. The van der Waals surface area contributed by atoms with Crippen molar-refractivity contribution in [2.24, 2.45) is 0 Å². The Hall–Kier alpha value is -1.56. The fourth-order valence-corrected chi connectivity index (χ4v) is 2.68. The van der Waals surface area contributed by atoms with Crippen molar-refractivity contribution < 1.29 is 22.7 Å². The molecule has 0 saturated carbocycles. The zero-order valence-electron chi connectivity index (χ0n) is 11.8. The van der Waals surface area contributed by atoms with Gasteiger partial charge < -0.3 is 9.64 Å². The average molecular weight is 301 g/mol. The first-order chi connectivity index (χ1) is 9.93. The maximum atomic E-state index is 12.6. The van der Waals surface area contributed by atoms with E-state index in [0.717, 1.165) is 37.0 Å². The molecule has 1 saturated heterocycles. The van der Waals surface area contributed by atoms with Gasteiger partial charge in [0, 0.05) is 13.7 Å². The van der Waals surface area contributed by atoms with E-state index in [1.807, 2.05) is 0 Å². The van der Waals surface area contributed by atoms with Gasteiger partial charge in [-0.15, -0.1) is 0 Å². The molecule has 1 aromatic rings. The van der Waals surface area contributed by atoms with Crippen LogP contribution in [0.2, 0.25) is 0 Å². The van der Waals surface area contributed by atoms with Gasteiger partial charge in [-0.25, -0.2) is 0 Å². The lowest BCUT2D eigenvalue weighted by atomic mass is 9.94. The molecule has 1 unspecified atom stereocenters. The van der Waals surface area contributed by atoms with Crippen molar-refractivity contribution in [2.45, 2.75) is 31.5 Å². The number of alkyl halides is 3. The number of likely N-dealkylation sites (tertiary alicyclic amines) is 1. The van der Waals surface area contributed by atoms with E-state index in [4.69, 9.17) is 4.74 Å². The highest BCUT2D eigenvalue weighted by atomic mass is 19.4. The highest BCUT2D eigenvalue weighted by Gasteiger charge is 2.32. The maximum Gasteiger partial charge on any atom is 0.416 e. The molecule has 0 N–H and O–H groups in total. The van der Waals surface area contributed by atoms with Crippen molar-refractivity contribution in [3.63, 3.8) is 0 Å². The van der Waals surface area contributed by atoms with E-state index in [1.54, 1.807) is 4.90 Å².